The number of rotatable bonds is 52. The Hall–Kier alpha value is -1.59. The van der Waals surface area contributed by atoms with E-state index in [2.05, 4.69) is 41.5 Å². The molecule has 0 saturated carbocycles. The smallest absolute Gasteiger partial charge is 0.306 e. The predicted molar refractivity (Wildman–Crippen MR) is 279 cm³/mol. The van der Waals surface area contributed by atoms with Crippen molar-refractivity contribution >= 4 is 17.9 Å². The molecule has 0 heterocycles. The van der Waals surface area contributed by atoms with Crippen LogP contribution >= 0.6 is 0 Å². The lowest BCUT2D eigenvalue weighted by Crippen LogP contribution is -2.30. The van der Waals surface area contributed by atoms with E-state index in [0.29, 0.717) is 19.3 Å². The Bertz CT molecular complexity index is 1010. The average Bonchev–Trinajstić information content (AvgIpc) is 3.28. The van der Waals surface area contributed by atoms with E-state index in [1.54, 1.807) is 0 Å². The first kappa shape index (κ1) is 63.4. The maximum atomic E-state index is 12.8. The highest BCUT2D eigenvalue weighted by Crippen LogP contribution is 2.19. The van der Waals surface area contributed by atoms with Gasteiger partial charge >= 0.3 is 17.9 Å². The summed E-state index contributed by atoms with van der Waals surface area (Å²) in [6.45, 7) is 13.7. The van der Waals surface area contributed by atoms with Crippen molar-refractivity contribution in [1.29, 1.82) is 0 Å². The van der Waals surface area contributed by atoms with Crippen LogP contribution in [-0.4, -0.2) is 37.2 Å². The van der Waals surface area contributed by atoms with Gasteiger partial charge in [0.1, 0.15) is 13.2 Å². The van der Waals surface area contributed by atoms with E-state index < -0.39 is 6.10 Å². The first-order valence-corrected chi connectivity index (χ1v) is 29.1. The first-order chi connectivity index (χ1) is 31.6. The highest BCUT2D eigenvalue weighted by molar-refractivity contribution is 5.71. The minimum absolute atomic E-state index is 0.0644. The highest BCUT2D eigenvalue weighted by Gasteiger charge is 2.19. The van der Waals surface area contributed by atoms with Crippen LogP contribution in [0.4, 0.5) is 0 Å². The molecule has 0 N–H and O–H groups in total. The van der Waals surface area contributed by atoms with Crippen molar-refractivity contribution in [3.8, 4) is 0 Å². The van der Waals surface area contributed by atoms with Gasteiger partial charge in [-0.1, -0.05) is 286 Å². The molecule has 0 rings (SSSR count). The second-order valence-corrected chi connectivity index (χ2v) is 21.5. The summed E-state index contributed by atoms with van der Waals surface area (Å²) in [6.07, 6.45) is 52.5. The number of esters is 3. The van der Waals surface area contributed by atoms with E-state index in [4.69, 9.17) is 14.2 Å². The molecule has 2 atom stereocenters. The van der Waals surface area contributed by atoms with Gasteiger partial charge < -0.3 is 14.2 Å². The van der Waals surface area contributed by atoms with Crippen LogP contribution in [0.5, 0.6) is 0 Å². The van der Waals surface area contributed by atoms with Crippen LogP contribution < -0.4 is 0 Å². The Morgan fingerprint density at radius 1 is 0.308 bits per heavy atom. The van der Waals surface area contributed by atoms with Crippen molar-refractivity contribution in [3.05, 3.63) is 0 Å². The second-order valence-electron chi connectivity index (χ2n) is 21.5. The highest BCUT2D eigenvalue weighted by atomic mass is 16.6. The molecule has 0 aliphatic rings. The second kappa shape index (κ2) is 50.3. The number of hydrogen-bond donors (Lipinski definition) is 0. The molecule has 0 radical (unpaired) electrons. The topological polar surface area (TPSA) is 78.9 Å². The van der Waals surface area contributed by atoms with E-state index in [0.717, 1.165) is 75.5 Å². The van der Waals surface area contributed by atoms with Gasteiger partial charge in [-0.3, -0.25) is 14.4 Å². The molecule has 0 aromatic carbocycles. The number of hydrogen-bond acceptors (Lipinski definition) is 6. The van der Waals surface area contributed by atoms with Gasteiger partial charge in [-0.05, 0) is 37.0 Å². The standard InChI is InChI=1S/C59H114O6/c1-7-55(6)47-41-35-28-24-20-16-12-10-8-9-11-13-17-21-25-29-36-42-48-57(60)63-51-56(52-64-58(61)49-43-37-32-31-34-40-46-54(4)5)65-59(62)50-44-38-30-26-22-18-14-15-19-23-27-33-39-45-53(2)3/h53-56H,7-52H2,1-6H3/t55?,56-/m1/s1. The molecular weight excluding hydrogens is 805 g/mol. The summed E-state index contributed by atoms with van der Waals surface area (Å²) in [5, 5.41) is 0. The fraction of sp³-hybridized carbons (Fsp3) is 0.949. The quantitative estimate of drug-likeness (QED) is 0.0344. The summed E-state index contributed by atoms with van der Waals surface area (Å²) in [7, 11) is 0. The zero-order chi connectivity index (χ0) is 47.7. The zero-order valence-electron chi connectivity index (χ0n) is 44.8. The third-order valence-corrected chi connectivity index (χ3v) is 13.8. The van der Waals surface area contributed by atoms with E-state index in [-0.39, 0.29) is 31.1 Å². The van der Waals surface area contributed by atoms with Crippen LogP contribution in [0.15, 0.2) is 0 Å². The van der Waals surface area contributed by atoms with Gasteiger partial charge in [0, 0.05) is 19.3 Å². The number of carbonyl (C=O) groups excluding carboxylic acids is 3. The van der Waals surface area contributed by atoms with Gasteiger partial charge in [0.05, 0.1) is 0 Å². The lowest BCUT2D eigenvalue weighted by molar-refractivity contribution is -0.167. The molecule has 1 unspecified atom stereocenters. The monoisotopic (exact) mass is 919 g/mol. The molecular formula is C59H114O6. The van der Waals surface area contributed by atoms with E-state index in [9.17, 15) is 14.4 Å². The minimum atomic E-state index is -0.764. The fourth-order valence-electron chi connectivity index (χ4n) is 8.97. The van der Waals surface area contributed by atoms with Gasteiger partial charge in [-0.15, -0.1) is 0 Å². The lowest BCUT2D eigenvalue weighted by atomic mass is 9.99. The van der Waals surface area contributed by atoms with Crippen LogP contribution in [-0.2, 0) is 28.6 Å². The summed E-state index contributed by atoms with van der Waals surface area (Å²) in [4.78, 5) is 38.0. The Balaban J connectivity index is 4.18. The van der Waals surface area contributed by atoms with Gasteiger partial charge in [0.15, 0.2) is 6.10 Å². The van der Waals surface area contributed by atoms with Crippen molar-refractivity contribution in [2.24, 2.45) is 17.8 Å². The molecule has 0 aliphatic heterocycles. The van der Waals surface area contributed by atoms with Gasteiger partial charge in [-0.2, -0.15) is 0 Å². The largest absolute Gasteiger partial charge is 0.462 e. The van der Waals surface area contributed by atoms with Gasteiger partial charge in [0.2, 0.25) is 0 Å². The zero-order valence-corrected chi connectivity index (χ0v) is 44.8. The van der Waals surface area contributed by atoms with E-state index in [1.807, 2.05) is 0 Å². The molecule has 386 valence electrons. The summed E-state index contributed by atoms with van der Waals surface area (Å²) in [6, 6.07) is 0. The van der Waals surface area contributed by atoms with Crippen LogP contribution in [0.1, 0.15) is 324 Å². The van der Waals surface area contributed by atoms with Crippen LogP contribution in [0.25, 0.3) is 0 Å². The molecule has 6 nitrogen and oxygen atoms in total. The van der Waals surface area contributed by atoms with Crippen molar-refractivity contribution in [3.63, 3.8) is 0 Å². The number of unbranched alkanes of at least 4 members (excludes halogenated alkanes) is 34. The maximum Gasteiger partial charge on any atom is 0.306 e. The Kier molecular flexibility index (Phi) is 49.1. The number of carbonyl (C=O) groups is 3. The molecule has 0 aromatic rings. The Labute approximate surface area is 406 Å². The Morgan fingerprint density at radius 2 is 0.538 bits per heavy atom. The van der Waals surface area contributed by atoms with Crippen molar-refractivity contribution < 1.29 is 28.6 Å². The third kappa shape index (κ3) is 51.6. The van der Waals surface area contributed by atoms with Gasteiger partial charge in [-0.25, -0.2) is 0 Å². The third-order valence-electron chi connectivity index (χ3n) is 13.8. The molecule has 0 aliphatic carbocycles. The molecule has 6 heteroatoms. The van der Waals surface area contributed by atoms with Crippen molar-refractivity contribution in [2.45, 2.75) is 330 Å². The number of ether oxygens (including phenoxy) is 3. The summed E-state index contributed by atoms with van der Waals surface area (Å²) in [5.41, 5.74) is 0. The normalized spacial score (nSPS) is 12.6. The molecule has 0 spiro atoms. The molecule has 0 aromatic heterocycles. The molecule has 65 heavy (non-hydrogen) atoms. The van der Waals surface area contributed by atoms with Crippen LogP contribution in [0.2, 0.25) is 0 Å². The van der Waals surface area contributed by atoms with E-state index >= 15 is 0 Å². The van der Waals surface area contributed by atoms with Crippen molar-refractivity contribution in [1.82, 2.24) is 0 Å². The van der Waals surface area contributed by atoms with Crippen molar-refractivity contribution in [2.75, 3.05) is 13.2 Å². The first-order valence-electron chi connectivity index (χ1n) is 29.1. The summed E-state index contributed by atoms with van der Waals surface area (Å²) in [5.74, 6) is 1.66. The molecule has 0 bridgehead atoms. The molecule has 0 fully saturated rings. The lowest BCUT2D eigenvalue weighted by Gasteiger charge is -2.18. The minimum Gasteiger partial charge on any atom is -0.462 e. The van der Waals surface area contributed by atoms with Gasteiger partial charge in [0.25, 0.3) is 0 Å². The summed E-state index contributed by atoms with van der Waals surface area (Å²) >= 11 is 0. The maximum absolute atomic E-state index is 12.8. The predicted octanol–water partition coefficient (Wildman–Crippen LogP) is 19.1. The average molecular weight is 920 g/mol. The van der Waals surface area contributed by atoms with Crippen LogP contribution in [0.3, 0.4) is 0 Å². The van der Waals surface area contributed by atoms with E-state index in [1.165, 1.54) is 205 Å². The fourth-order valence-corrected chi connectivity index (χ4v) is 8.97. The summed E-state index contributed by atoms with van der Waals surface area (Å²) < 4.78 is 16.8. The SMILES string of the molecule is CCC(C)CCCCCCCCCCCCCCCCCCCCC(=O)OC[C@H](COC(=O)CCCCCCCCC(C)C)OC(=O)CCCCCCCCCCCCCCCC(C)C. The van der Waals surface area contributed by atoms with Crippen LogP contribution in [0, 0.1) is 17.8 Å². The molecule has 0 saturated heterocycles. The molecule has 0 amide bonds. The Morgan fingerprint density at radius 3 is 0.800 bits per heavy atom.